The number of nitrogens with one attached hydrogen (secondary N) is 2. The molecule has 0 saturated carbocycles. The SMILES string of the molecule is CC(C)(C)CCNCC(=O)NCc1ccccc1. The van der Waals surface area contributed by atoms with Crippen molar-refractivity contribution in [1.29, 1.82) is 0 Å². The van der Waals surface area contributed by atoms with Crippen molar-refractivity contribution >= 4 is 5.91 Å². The number of rotatable bonds is 6. The normalized spacial score (nSPS) is 11.3. The van der Waals surface area contributed by atoms with E-state index in [9.17, 15) is 4.79 Å². The summed E-state index contributed by atoms with van der Waals surface area (Å²) in [5, 5.41) is 6.06. The Labute approximate surface area is 110 Å². The second-order valence-electron chi connectivity index (χ2n) is 5.75. The zero-order valence-corrected chi connectivity index (χ0v) is 11.6. The van der Waals surface area contributed by atoms with Gasteiger partial charge < -0.3 is 10.6 Å². The Morgan fingerprint density at radius 3 is 2.44 bits per heavy atom. The third-order valence-corrected chi connectivity index (χ3v) is 2.67. The Bertz CT molecular complexity index is 355. The van der Waals surface area contributed by atoms with E-state index < -0.39 is 0 Å². The van der Waals surface area contributed by atoms with Crippen LogP contribution < -0.4 is 10.6 Å². The molecule has 3 heteroatoms. The largest absolute Gasteiger partial charge is 0.351 e. The molecule has 1 rings (SSSR count). The summed E-state index contributed by atoms with van der Waals surface area (Å²) < 4.78 is 0. The highest BCUT2D eigenvalue weighted by molar-refractivity contribution is 5.77. The fraction of sp³-hybridized carbons (Fsp3) is 0.533. The van der Waals surface area contributed by atoms with Gasteiger partial charge in [-0.2, -0.15) is 0 Å². The van der Waals surface area contributed by atoms with E-state index in [0.29, 0.717) is 18.5 Å². The molecule has 0 aliphatic carbocycles. The lowest BCUT2D eigenvalue weighted by molar-refractivity contribution is -0.120. The smallest absolute Gasteiger partial charge is 0.234 e. The number of benzene rings is 1. The summed E-state index contributed by atoms with van der Waals surface area (Å²) >= 11 is 0. The fourth-order valence-electron chi connectivity index (χ4n) is 1.52. The third-order valence-electron chi connectivity index (χ3n) is 2.67. The molecule has 0 aromatic heterocycles. The molecule has 0 spiro atoms. The van der Waals surface area contributed by atoms with Crippen LogP contribution in [0.2, 0.25) is 0 Å². The monoisotopic (exact) mass is 248 g/mol. The summed E-state index contributed by atoms with van der Waals surface area (Å²) in [6, 6.07) is 9.94. The van der Waals surface area contributed by atoms with Gasteiger partial charge in [-0.1, -0.05) is 51.1 Å². The van der Waals surface area contributed by atoms with Crippen LogP contribution in [0.15, 0.2) is 30.3 Å². The minimum Gasteiger partial charge on any atom is -0.351 e. The Morgan fingerprint density at radius 1 is 1.17 bits per heavy atom. The Balaban J connectivity index is 2.11. The molecule has 1 amide bonds. The van der Waals surface area contributed by atoms with Crippen LogP contribution in [-0.2, 0) is 11.3 Å². The number of carbonyl (C=O) groups is 1. The lowest BCUT2D eigenvalue weighted by Gasteiger charge is -2.17. The summed E-state index contributed by atoms with van der Waals surface area (Å²) in [4.78, 5) is 11.6. The summed E-state index contributed by atoms with van der Waals surface area (Å²) in [6.07, 6.45) is 1.07. The maximum absolute atomic E-state index is 11.6. The van der Waals surface area contributed by atoms with Gasteiger partial charge in [-0.05, 0) is 23.9 Å². The highest BCUT2D eigenvalue weighted by atomic mass is 16.1. The van der Waals surface area contributed by atoms with Crippen LogP contribution in [0.5, 0.6) is 0 Å². The van der Waals surface area contributed by atoms with Crippen molar-refractivity contribution < 1.29 is 4.79 Å². The van der Waals surface area contributed by atoms with E-state index >= 15 is 0 Å². The van der Waals surface area contributed by atoms with Gasteiger partial charge in [0.2, 0.25) is 5.91 Å². The molecule has 0 aliphatic rings. The van der Waals surface area contributed by atoms with Gasteiger partial charge in [-0.15, -0.1) is 0 Å². The van der Waals surface area contributed by atoms with Gasteiger partial charge >= 0.3 is 0 Å². The predicted molar refractivity (Wildman–Crippen MR) is 75.2 cm³/mol. The molecule has 0 heterocycles. The molecule has 0 aliphatic heterocycles. The topological polar surface area (TPSA) is 41.1 Å². The van der Waals surface area contributed by atoms with Crippen LogP contribution in [0.3, 0.4) is 0 Å². The van der Waals surface area contributed by atoms with Gasteiger partial charge in [0, 0.05) is 6.54 Å². The first-order valence-electron chi connectivity index (χ1n) is 6.49. The third kappa shape index (κ3) is 7.07. The molecule has 18 heavy (non-hydrogen) atoms. The highest BCUT2D eigenvalue weighted by Gasteiger charge is 2.09. The van der Waals surface area contributed by atoms with Gasteiger partial charge in [0.25, 0.3) is 0 Å². The number of hydrogen-bond donors (Lipinski definition) is 2. The molecule has 1 aromatic rings. The van der Waals surface area contributed by atoms with Gasteiger partial charge in [0.1, 0.15) is 0 Å². The maximum atomic E-state index is 11.6. The van der Waals surface area contributed by atoms with E-state index in [4.69, 9.17) is 0 Å². The van der Waals surface area contributed by atoms with Crippen molar-refractivity contribution in [3.05, 3.63) is 35.9 Å². The second kappa shape index (κ2) is 7.17. The van der Waals surface area contributed by atoms with Crippen molar-refractivity contribution in [3.63, 3.8) is 0 Å². The molecular weight excluding hydrogens is 224 g/mol. The van der Waals surface area contributed by atoms with Crippen LogP contribution in [0, 0.1) is 5.41 Å². The van der Waals surface area contributed by atoms with Crippen LogP contribution in [0.4, 0.5) is 0 Å². The molecule has 0 unspecified atom stereocenters. The molecule has 0 fully saturated rings. The molecule has 3 nitrogen and oxygen atoms in total. The van der Waals surface area contributed by atoms with E-state index in [-0.39, 0.29) is 5.91 Å². The zero-order valence-electron chi connectivity index (χ0n) is 11.6. The molecule has 0 radical (unpaired) electrons. The molecule has 1 aromatic carbocycles. The standard InChI is InChI=1S/C15H24N2O/c1-15(2,3)9-10-16-12-14(18)17-11-13-7-5-4-6-8-13/h4-8,16H,9-12H2,1-3H3,(H,17,18). The molecular formula is C15H24N2O. The average Bonchev–Trinajstić information content (AvgIpc) is 2.32. The van der Waals surface area contributed by atoms with Gasteiger partial charge in [0.05, 0.1) is 6.54 Å². The van der Waals surface area contributed by atoms with Gasteiger partial charge in [-0.3, -0.25) is 4.79 Å². The Kier molecular flexibility index (Phi) is 5.86. The van der Waals surface area contributed by atoms with Crippen LogP contribution >= 0.6 is 0 Å². The van der Waals surface area contributed by atoms with Crippen LogP contribution in [0.1, 0.15) is 32.8 Å². The van der Waals surface area contributed by atoms with Crippen LogP contribution in [0.25, 0.3) is 0 Å². The molecule has 100 valence electrons. The Hall–Kier alpha value is -1.35. The quantitative estimate of drug-likeness (QED) is 0.759. The van der Waals surface area contributed by atoms with Crippen LogP contribution in [-0.4, -0.2) is 19.0 Å². The summed E-state index contributed by atoms with van der Waals surface area (Å²) in [5.41, 5.74) is 1.44. The van der Waals surface area contributed by atoms with E-state index in [1.165, 1.54) is 0 Å². The summed E-state index contributed by atoms with van der Waals surface area (Å²) in [6.45, 7) is 8.46. The van der Waals surface area contributed by atoms with E-state index in [1.54, 1.807) is 0 Å². The highest BCUT2D eigenvalue weighted by Crippen LogP contribution is 2.16. The molecule has 0 atom stereocenters. The van der Waals surface area contributed by atoms with E-state index in [0.717, 1.165) is 18.5 Å². The molecule has 0 saturated heterocycles. The van der Waals surface area contributed by atoms with Crippen molar-refractivity contribution in [1.82, 2.24) is 10.6 Å². The number of carbonyl (C=O) groups excluding carboxylic acids is 1. The zero-order chi connectivity index (χ0) is 13.4. The first kappa shape index (κ1) is 14.7. The lowest BCUT2D eigenvalue weighted by Crippen LogP contribution is -2.34. The summed E-state index contributed by atoms with van der Waals surface area (Å²) in [5.74, 6) is 0.0489. The predicted octanol–water partition coefficient (Wildman–Crippen LogP) is 2.33. The van der Waals surface area contributed by atoms with Crippen molar-refractivity contribution in [3.8, 4) is 0 Å². The first-order valence-corrected chi connectivity index (χ1v) is 6.49. The first-order chi connectivity index (χ1) is 8.47. The van der Waals surface area contributed by atoms with Crippen molar-refractivity contribution in [2.45, 2.75) is 33.7 Å². The summed E-state index contributed by atoms with van der Waals surface area (Å²) in [7, 11) is 0. The van der Waals surface area contributed by atoms with Crippen molar-refractivity contribution in [2.75, 3.05) is 13.1 Å². The fourth-order valence-corrected chi connectivity index (χ4v) is 1.52. The minimum absolute atomic E-state index is 0.0489. The van der Waals surface area contributed by atoms with Gasteiger partial charge in [-0.25, -0.2) is 0 Å². The average molecular weight is 248 g/mol. The van der Waals surface area contributed by atoms with E-state index in [1.807, 2.05) is 30.3 Å². The maximum Gasteiger partial charge on any atom is 0.234 e. The van der Waals surface area contributed by atoms with E-state index in [2.05, 4.69) is 31.4 Å². The molecule has 2 N–H and O–H groups in total. The van der Waals surface area contributed by atoms with Gasteiger partial charge in [0.15, 0.2) is 0 Å². The lowest BCUT2D eigenvalue weighted by atomic mass is 9.92. The molecule has 0 bridgehead atoms. The van der Waals surface area contributed by atoms with Crippen molar-refractivity contribution in [2.24, 2.45) is 5.41 Å². The number of hydrogen-bond acceptors (Lipinski definition) is 2. The Morgan fingerprint density at radius 2 is 1.83 bits per heavy atom. The second-order valence-corrected chi connectivity index (χ2v) is 5.75. The minimum atomic E-state index is 0.0489. The number of amides is 1.